The van der Waals surface area contributed by atoms with Crippen LogP contribution in [-0.4, -0.2) is 12.2 Å². The Morgan fingerprint density at radius 1 is 1.47 bits per heavy atom. The lowest BCUT2D eigenvalue weighted by atomic mass is 9.91. The maximum Gasteiger partial charge on any atom is 0.130 e. The maximum atomic E-state index is 14.4. The molecule has 0 aromatic heterocycles. The lowest BCUT2D eigenvalue weighted by Gasteiger charge is -2.23. The Balaban J connectivity index is 2.12. The van der Waals surface area contributed by atoms with Crippen molar-refractivity contribution in [3.8, 4) is 0 Å². The molecule has 1 aromatic rings. The molecule has 0 radical (unpaired) electrons. The van der Waals surface area contributed by atoms with E-state index < -0.39 is 5.67 Å². The summed E-state index contributed by atoms with van der Waals surface area (Å²) >= 11 is 3.39. The zero-order chi connectivity index (χ0) is 10.9. The molecule has 2 N–H and O–H groups in total. The third-order valence-corrected chi connectivity index (χ3v) is 3.53. The van der Waals surface area contributed by atoms with Crippen molar-refractivity contribution in [2.45, 2.75) is 24.9 Å². The van der Waals surface area contributed by atoms with Crippen LogP contribution in [0.25, 0.3) is 0 Å². The van der Waals surface area contributed by atoms with E-state index in [4.69, 9.17) is 5.73 Å². The summed E-state index contributed by atoms with van der Waals surface area (Å²) in [7, 11) is 0. The molecule has 0 heterocycles. The second-order valence-electron chi connectivity index (χ2n) is 4.32. The first-order chi connectivity index (χ1) is 7.14. The first-order valence-corrected chi connectivity index (χ1v) is 6.07. The van der Waals surface area contributed by atoms with Crippen molar-refractivity contribution < 1.29 is 4.39 Å². The van der Waals surface area contributed by atoms with Gasteiger partial charge in [-0.1, -0.05) is 28.1 Å². The summed E-state index contributed by atoms with van der Waals surface area (Å²) in [6, 6.07) is 7.80. The van der Waals surface area contributed by atoms with Crippen LogP contribution in [0.3, 0.4) is 0 Å². The van der Waals surface area contributed by atoms with Crippen molar-refractivity contribution in [1.29, 1.82) is 0 Å². The van der Waals surface area contributed by atoms with E-state index in [9.17, 15) is 4.39 Å². The van der Waals surface area contributed by atoms with Crippen LogP contribution in [0.2, 0.25) is 0 Å². The predicted molar refractivity (Wildman–Crippen MR) is 63.5 cm³/mol. The van der Waals surface area contributed by atoms with Crippen molar-refractivity contribution in [3.63, 3.8) is 0 Å². The van der Waals surface area contributed by atoms with Gasteiger partial charge in [-0.2, -0.15) is 0 Å². The van der Waals surface area contributed by atoms with Crippen LogP contribution in [0.1, 0.15) is 18.4 Å². The van der Waals surface area contributed by atoms with Gasteiger partial charge in [0.25, 0.3) is 0 Å². The molecule has 1 aliphatic carbocycles. The molecule has 0 saturated heterocycles. The zero-order valence-corrected chi connectivity index (χ0v) is 10.1. The topological polar surface area (TPSA) is 26.0 Å². The highest BCUT2D eigenvalue weighted by Crippen LogP contribution is 2.43. The summed E-state index contributed by atoms with van der Waals surface area (Å²) in [6.45, 7) is 0.129. The summed E-state index contributed by atoms with van der Waals surface area (Å²) in [5.74, 6) is 0.182. The fourth-order valence-corrected chi connectivity index (χ4v) is 2.42. The van der Waals surface area contributed by atoms with Crippen molar-refractivity contribution in [3.05, 3.63) is 34.3 Å². The van der Waals surface area contributed by atoms with Gasteiger partial charge in [0.15, 0.2) is 0 Å². The summed E-state index contributed by atoms with van der Waals surface area (Å²) in [5, 5.41) is 0. The van der Waals surface area contributed by atoms with Crippen LogP contribution >= 0.6 is 15.9 Å². The average molecular weight is 272 g/mol. The zero-order valence-electron chi connectivity index (χ0n) is 8.55. The van der Waals surface area contributed by atoms with E-state index in [1.54, 1.807) is 0 Å². The SMILES string of the molecule is NCC(F)(Cc1cccc(Br)c1)C1CC1. The van der Waals surface area contributed by atoms with Crippen molar-refractivity contribution >= 4 is 15.9 Å². The highest BCUT2D eigenvalue weighted by molar-refractivity contribution is 9.10. The minimum Gasteiger partial charge on any atom is -0.328 e. The lowest BCUT2D eigenvalue weighted by Crippen LogP contribution is -2.37. The number of alkyl halides is 1. The minimum absolute atomic E-state index is 0.129. The second kappa shape index (κ2) is 4.22. The molecule has 0 bridgehead atoms. The molecular formula is C12H15BrFN. The van der Waals surface area contributed by atoms with Crippen molar-refractivity contribution in [2.75, 3.05) is 6.54 Å². The number of benzene rings is 1. The number of halogens is 2. The molecule has 15 heavy (non-hydrogen) atoms. The monoisotopic (exact) mass is 271 g/mol. The molecule has 1 atom stereocenters. The van der Waals surface area contributed by atoms with E-state index in [0.29, 0.717) is 6.42 Å². The van der Waals surface area contributed by atoms with Crippen LogP contribution in [-0.2, 0) is 6.42 Å². The fraction of sp³-hybridized carbons (Fsp3) is 0.500. The van der Waals surface area contributed by atoms with E-state index in [1.807, 2.05) is 24.3 Å². The number of rotatable bonds is 4. The molecule has 1 fully saturated rings. The first-order valence-electron chi connectivity index (χ1n) is 5.27. The summed E-state index contributed by atoms with van der Waals surface area (Å²) in [6.07, 6.45) is 2.41. The highest BCUT2D eigenvalue weighted by atomic mass is 79.9. The third kappa shape index (κ3) is 2.58. The molecule has 1 saturated carbocycles. The average Bonchev–Trinajstić information content (AvgIpc) is 3.01. The third-order valence-electron chi connectivity index (χ3n) is 3.04. The molecule has 2 rings (SSSR count). The van der Waals surface area contributed by atoms with E-state index in [2.05, 4.69) is 15.9 Å². The van der Waals surface area contributed by atoms with E-state index >= 15 is 0 Å². The number of nitrogens with two attached hydrogens (primary N) is 1. The van der Waals surface area contributed by atoms with Gasteiger partial charge >= 0.3 is 0 Å². The molecule has 0 amide bonds. The van der Waals surface area contributed by atoms with E-state index in [0.717, 1.165) is 22.9 Å². The standard InChI is InChI=1S/C12H15BrFN/c13-11-3-1-2-9(6-11)7-12(14,8-15)10-4-5-10/h1-3,6,10H,4-5,7-8,15H2. The Kier molecular flexibility index (Phi) is 3.12. The van der Waals surface area contributed by atoms with Crippen LogP contribution in [0, 0.1) is 5.92 Å². The smallest absolute Gasteiger partial charge is 0.130 e. The van der Waals surface area contributed by atoms with Gasteiger partial charge in [-0.3, -0.25) is 0 Å². The number of hydrogen-bond acceptors (Lipinski definition) is 1. The van der Waals surface area contributed by atoms with Gasteiger partial charge in [0.2, 0.25) is 0 Å². The summed E-state index contributed by atoms with van der Waals surface area (Å²) < 4.78 is 15.4. The largest absolute Gasteiger partial charge is 0.328 e. The Bertz CT molecular complexity index is 351. The van der Waals surface area contributed by atoms with Crippen LogP contribution in [0.5, 0.6) is 0 Å². The van der Waals surface area contributed by atoms with E-state index in [1.165, 1.54) is 0 Å². The molecule has 82 valence electrons. The molecule has 1 aromatic carbocycles. The predicted octanol–water partition coefficient (Wildman–Crippen LogP) is 3.07. The Hall–Kier alpha value is -0.410. The molecule has 0 spiro atoms. The summed E-state index contributed by atoms with van der Waals surface area (Å²) in [4.78, 5) is 0. The first kappa shape index (κ1) is 11.1. The van der Waals surface area contributed by atoms with Crippen LogP contribution < -0.4 is 5.73 Å². The van der Waals surface area contributed by atoms with Gasteiger partial charge in [0, 0.05) is 17.4 Å². The van der Waals surface area contributed by atoms with Crippen LogP contribution in [0.4, 0.5) is 4.39 Å². The molecule has 1 nitrogen and oxygen atoms in total. The van der Waals surface area contributed by atoms with Crippen LogP contribution in [0.15, 0.2) is 28.7 Å². The van der Waals surface area contributed by atoms with Gasteiger partial charge in [-0.25, -0.2) is 4.39 Å². The van der Waals surface area contributed by atoms with Gasteiger partial charge in [0.1, 0.15) is 5.67 Å². The van der Waals surface area contributed by atoms with Gasteiger partial charge in [-0.15, -0.1) is 0 Å². The maximum absolute atomic E-state index is 14.4. The lowest BCUT2D eigenvalue weighted by molar-refractivity contribution is 0.142. The quantitative estimate of drug-likeness (QED) is 0.895. The Morgan fingerprint density at radius 2 is 2.20 bits per heavy atom. The van der Waals surface area contributed by atoms with Gasteiger partial charge in [0.05, 0.1) is 0 Å². The Labute approximate surface area is 98.0 Å². The fourth-order valence-electron chi connectivity index (χ4n) is 1.97. The molecule has 0 aliphatic heterocycles. The molecule has 1 aliphatic rings. The van der Waals surface area contributed by atoms with Gasteiger partial charge in [-0.05, 0) is 36.5 Å². The molecule has 3 heteroatoms. The molecular weight excluding hydrogens is 257 g/mol. The van der Waals surface area contributed by atoms with Crippen molar-refractivity contribution in [2.24, 2.45) is 11.7 Å². The molecule has 1 unspecified atom stereocenters. The van der Waals surface area contributed by atoms with Crippen molar-refractivity contribution in [1.82, 2.24) is 0 Å². The minimum atomic E-state index is -1.19. The summed E-state index contributed by atoms with van der Waals surface area (Å²) in [5.41, 5.74) is 5.37. The number of hydrogen-bond donors (Lipinski definition) is 1. The normalized spacial score (nSPS) is 19.9. The highest BCUT2D eigenvalue weighted by Gasteiger charge is 2.44. The Morgan fingerprint density at radius 3 is 2.73 bits per heavy atom. The second-order valence-corrected chi connectivity index (χ2v) is 5.24. The van der Waals surface area contributed by atoms with Gasteiger partial charge < -0.3 is 5.73 Å². The van der Waals surface area contributed by atoms with E-state index in [-0.39, 0.29) is 12.5 Å².